The van der Waals surface area contributed by atoms with Crippen molar-refractivity contribution in [2.24, 2.45) is 0 Å². The maximum atomic E-state index is 11.0. The van der Waals surface area contributed by atoms with Crippen LogP contribution in [-0.2, 0) is 38.1 Å². The minimum atomic E-state index is -2.82. The Kier molecular flexibility index (Phi) is 8.54. The van der Waals surface area contributed by atoms with Crippen LogP contribution in [0.3, 0.4) is 0 Å². The van der Waals surface area contributed by atoms with Crippen molar-refractivity contribution in [1.82, 2.24) is 0 Å². The van der Waals surface area contributed by atoms with E-state index in [2.05, 4.69) is 0 Å². The van der Waals surface area contributed by atoms with Crippen LogP contribution in [0.15, 0.2) is 0 Å². The number of hydrogen-bond acceptors (Lipinski definition) is 8. The van der Waals surface area contributed by atoms with Crippen LogP contribution in [0.4, 0.5) is 0 Å². The molecule has 0 fully saturated rings. The van der Waals surface area contributed by atoms with E-state index in [1.807, 2.05) is 0 Å². The van der Waals surface area contributed by atoms with Gasteiger partial charge in [0.2, 0.25) is 0 Å². The van der Waals surface area contributed by atoms with E-state index in [0.29, 0.717) is 0 Å². The Morgan fingerprint density at radius 3 is 0.905 bits per heavy atom. The first-order valence-electron chi connectivity index (χ1n) is 6.20. The third kappa shape index (κ3) is 9.79. The molecule has 0 saturated carbocycles. The van der Waals surface area contributed by atoms with Gasteiger partial charge in [0.15, 0.2) is 0 Å². The average molecular weight is 324 g/mol. The Morgan fingerprint density at radius 1 is 0.571 bits per heavy atom. The van der Waals surface area contributed by atoms with E-state index in [4.69, 9.17) is 18.9 Å². The summed E-state index contributed by atoms with van der Waals surface area (Å²) in [7, 11) is -2.82. The normalized spacial score (nSPS) is 11.2. The van der Waals surface area contributed by atoms with Crippen molar-refractivity contribution in [2.45, 2.75) is 27.7 Å². The Balaban J connectivity index is 5.02. The second-order valence-corrected chi connectivity index (χ2v) is 8.78. The first-order valence-corrected chi connectivity index (χ1v) is 9.03. The molecule has 0 aromatic rings. The second-order valence-electron chi connectivity index (χ2n) is 4.62. The van der Waals surface area contributed by atoms with Crippen LogP contribution >= 0.6 is 7.26 Å². The van der Waals surface area contributed by atoms with Gasteiger partial charge in [0.25, 0.3) is 0 Å². The molecule has 0 rings (SSSR count). The molecule has 0 aromatic heterocycles. The number of ether oxygens (including phenoxy) is 4. The summed E-state index contributed by atoms with van der Waals surface area (Å²) in [5.41, 5.74) is 0. The van der Waals surface area contributed by atoms with Crippen molar-refractivity contribution in [3.8, 4) is 0 Å². The molecule has 0 aromatic carbocycles. The quantitative estimate of drug-likeness (QED) is 0.367. The molecular weight excluding hydrogens is 303 g/mol. The topological polar surface area (TPSA) is 105 Å². The van der Waals surface area contributed by atoms with Crippen LogP contribution in [0.5, 0.6) is 0 Å². The molecule has 21 heavy (non-hydrogen) atoms. The van der Waals surface area contributed by atoms with Gasteiger partial charge in [0.05, 0.1) is 0 Å². The van der Waals surface area contributed by atoms with Crippen LogP contribution < -0.4 is 0 Å². The van der Waals surface area contributed by atoms with Gasteiger partial charge in [-0.05, 0) is 0 Å². The molecule has 0 radical (unpaired) electrons. The molecule has 0 bridgehead atoms. The molecule has 0 atom stereocenters. The third-order valence-corrected chi connectivity index (χ3v) is 5.35. The fraction of sp³-hybridized carbons (Fsp3) is 0.667. The number of rotatable bonds is 8. The SMILES string of the molecule is CC(=O)OC[PH](COC(C)=O)(COC(C)=O)COC(C)=O. The molecular formula is C12H21O8P. The molecule has 9 heteroatoms. The predicted octanol–water partition coefficient (Wildman–Crippen LogP) is 0.819. The summed E-state index contributed by atoms with van der Waals surface area (Å²) in [5, 5.41) is 0. The fourth-order valence-corrected chi connectivity index (χ4v) is 3.81. The molecule has 0 aliphatic rings. The van der Waals surface area contributed by atoms with Gasteiger partial charge in [-0.2, -0.15) is 0 Å². The van der Waals surface area contributed by atoms with Gasteiger partial charge in [0, 0.05) is 0 Å². The molecule has 0 saturated heterocycles. The molecule has 122 valence electrons. The first-order chi connectivity index (χ1) is 9.67. The second kappa shape index (κ2) is 9.28. The standard InChI is InChI=1S/C12H21O8P/c1-9(13)17-5-21(6-18-10(2)14,7-19-11(3)15)8-20-12(4)16/h21H,5-8H2,1-4H3. The van der Waals surface area contributed by atoms with Crippen molar-refractivity contribution >= 4 is 31.1 Å². The summed E-state index contributed by atoms with van der Waals surface area (Å²) < 4.78 is 19.8. The Morgan fingerprint density at radius 2 is 0.762 bits per heavy atom. The van der Waals surface area contributed by atoms with Crippen LogP contribution in [0.1, 0.15) is 27.7 Å². The molecule has 0 amide bonds. The molecule has 0 aliphatic carbocycles. The van der Waals surface area contributed by atoms with Crippen molar-refractivity contribution in [1.29, 1.82) is 0 Å². The zero-order valence-electron chi connectivity index (χ0n) is 12.6. The summed E-state index contributed by atoms with van der Waals surface area (Å²) in [6.07, 6.45) is -0.349. The van der Waals surface area contributed by atoms with Gasteiger partial charge in [-0.1, -0.05) is 0 Å². The predicted molar refractivity (Wildman–Crippen MR) is 74.8 cm³/mol. The van der Waals surface area contributed by atoms with Gasteiger partial charge < -0.3 is 0 Å². The monoisotopic (exact) mass is 324 g/mol. The molecule has 0 N–H and O–H groups in total. The van der Waals surface area contributed by atoms with E-state index in [0.717, 1.165) is 0 Å². The molecule has 8 nitrogen and oxygen atoms in total. The van der Waals surface area contributed by atoms with E-state index in [1.165, 1.54) is 27.7 Å². The fourth-order valence-electron chi connectivity index (χ4n) is 1.27. The van der Waals surface area contributed by atoms with Crippen LogP contribution in [-0.4, -0.2) is 49.3 Å². The van der Waals surface area contributed by atoms with Gasteiger partial charge in [-0.3, -0.25) is 0 Å². The number of carbonyl (C=O) groups is 4. The molecule has 0 aliphatic heterocycles. The molecule has 0 unspecified atom stereocenters. The van der Waals surface area contributed by atoms with E-state index in [9.17, 15) is 19.2 Å². The Labute approximate surface area is 123 Å². The summed E-state index contributed by atoms with van der Waals surface area (Å²) in [6, 6.07) is 0. The van der Waals surface area contributed by atoms with Crippen molar-refractivity contribution in [3.05, 3.63) is 0 Å². The average Bonchev–Trinajstić information content (AvgIpc) is 2.36. The van der Waals surface area contributed by atoms with Crippen LogP contribution in [0.25, 0.3) is 0 Å². The van der Waals surface area contributed by atoms with Crippen LogP contribution in [0, 0.1) is 0 Å². The summed E-state index contributed by atoms with van der Waals surface area (Å²) >= 11 is 0. The van der Waals surface area contributed by atoms with Crippen molar-refractivity contribution in [2.75, 3.05) is 25.4 Å². The van der Waals surface area contributed by atoms with E-state index in [-0.39, 0.29) is 25.4 Å². The molecule has 0 heterocycles. The molecule has 0 spiro atoms. The maximum absolute atomic E-state index is 11.0. The Hall–Kier alpha value is -1.69. The van der Waals surface area contributed by atoms with E-state index < -0.39 is 31.1 Å². The Bertz CT molecular complexity index is 329. The third-order valence-electron chi connectivity index (χ3n) is 2.33. The van der Waals surface area contributed by atoms with Crippen molar-refractivity contribution < 1.29 is 38.1 Å². The van der Waals surface area contributed by atoms with Gasteiger partial charge in [-0.15, -0.1) is 0 Å². The van der Waals surface area contributed by atoms with Gasteiger partial charge in [0.1, 0.15) is 0 Å². The van der Waals surface area contributed by atoms with Gasteiger partial charge >= 0.3 is 122 Å². The first kappa shape index (κ1) is 19.3. The summed E-state index contributed by atoms with van der Waals surface area (Å²) in [6.45, 7) is 4.90. The van der Waals surface area contributed by atoms with Gasteiger partial charge in [-0.25, -0.2) is 0 Å². The zero-order chi connectivity index (χ0) is 16.5. The number of hydrogen-bond donors (Lipinski definition) is 0. The number of esters is 4. The number of carbonyl (C=O) groups excluding carboxylic acids is 4. The summed E-state index contributed by atoms with van der Waals surface area (Å²) in [4.78, 5) is 43.9. The summed E-state index contributed by atoms with van der Waals surface area (Å²) in [5.74, 6) is -2.11. The van der Waals surface area contributed by atoms with E-state index in [1.54, 1.807) is 0 Å². The minimum absolute atomic E-state index is 0.0871. The van der Waals surface area contributed by atoms with E-state index >= 15 is 0 Å². The van der Waals surface area contributed by atoms with Crippen molar-refractivity contribution in [3.63, 3.8) is 0 Å². The van der Waals surface area contributed by atoms with Crippen LogP contribution in [0.2, 0.25) is 0 Å². The zero-order valence-corrected chi connectivity index (χ0v) is 13.6.